The number of H-pyrrole nitrogens is 1. The van der Waals surface area contributed by atoms with Gasteiger partial charge in [-0.2, -0.15) is 0 Å². The van der Waals surface area contributed by atoms with E-state index in [1.54, 1.807) is 6.20 Å². The summed E-state index contributed by atoms with van der Waals surface area (Å²) in [6.07, 6.45) is 3.72. The Morgan fingerprint density at radius 2 is 2.29 bits per heavy atom. The Balaban J connectivity index is 2.23. The van der Waals surface area contributed by atoms with Gasteiger partial charge >= 0.3 is 0 Å². The lowest BCUT2D eigenvalue weighted by molar-refractivity contribution is 0.693. The zero-order valence-corrected chi connectivity index (χ0v) is 11.0. The molecule has 2 heterocycles. The fourth-order valence-electron chi connectivity index (χ4n) is 1.72. The van der Waals surface area contributed by atoms with Crippen LogP contribution in [-0.2, 0) is 20.1 Å². The summed E-state index contributed by atoms with van der Waals surface area (Å²) in [6, 6.07) is 0. The van der Waals surface area contributed by atoms with Crippen molar-refractivity contribution in [3.63, 3.8) is 0 Å². The van der Waals surface area contributed by atoms with Gasteiger partial charge in [-0.15, -0.1) is 5.10 Å². The third-order valence-electron chi connectivity index (χ3n) is 2.70. The summed E-state index contributed by atoms with van der Waals surface area (Å²) in [7, 11) is 3.96. The van der Waals surface area contributed by atoms with Gasteiger partial charge in [0.05, 0.1) is 6.54 Å². The van der Waals surface area contributed by atoms with E-state index in [-0.39, 0.29) is 0 Å². The number of aromatic amines is 1. The smallest absolute Gasteiger partial charge is 0.225 e. The van der Waals surface area contributed by atoms with Crippen molar-refractivity contribution in [2.75, 3.05) is 11.9 Å². The van der Waals surface area contributed by atoms with E-state index in [9.17, 15) is 0 Å². The number of aryl methyl sites for hydroxylation is 1. The third-order valence-corrected chi connectivity index (χ3v) is 3.01. The van der Waals surface area contributed by atoms with E-state index in [0.717, 1.165) is 18.3 Å². The highest BCUT2D eigenvalue weighted by Crippen LogP contribution is 2.12. The average molecular weight is 252 g/mol. The maximum absolute atomic E-state index is 5.16. The molecule has 2 aromatic heterocycles. The van der Waals surface area contributed by atoms with Crippen molar-refractivity contribution < 1.29 is 0 Å². The summed E-state index contributed by atoms with van der Waals surface area (Å²) >= 11 is 5.16. The maximum Gasteiger partial charge on any atom is 0.225 e. The predicted molar refractivity (Wildman–Crippen MR) is 68.4 cm³/mol. The van der Waals surface area contributed by atoms with Crippen molar-refractivity contribution in [3.8, 4) is 0 Å². The van der Waals surface area contributed by atoms with Crippen LogP contribution in [0.1, 0.15) is 12.7 Å². The van der Waals surface area contributed by atoms with E-state index < -0.39 is 0 Å². The average Bonchev–Trinajstić information content (AvgIpc) is 2.86. The molecule has 17 heavy (non-hydrogen) atoms. The minimum Gasteiger partial charge on any atom is -0.337 e. The monoisotopic (exact) mass is 252 g/mol. The third kappa shape index (κ3) is 2.23. The SMILES string of the molecule is CCn1c(N(C)Cc2nccn2C)n[nH]c1=S. The van der Waals surface area contributed by atoms with Gasteiger partial charge in [0.2, 0.25) is 5.95 Å². The predicted octanol–water partition coefficient (Wildman–Crippen LogP) is 1.33. The second kappa shape index (κ2) is 4.70. The highest BCUT2D eigenvalue weighted by Gasteiger charge is 2.11. The fourth-order valence-corrected chi connectivity index (χ4v) is 1.97. The fraction of sp³-hybridized carbons (Fsp3) is 0.500. The summed E-state index contributed by atoms with van der Waals surface area (Å²) < 4.78 is 4.60. The molecule has 92 valence electrons. The van der Waals surface area contributed by atoms with Crippen LogP contribution in [0.3, 0.4) is 0 Å². The molecule has 0 fully saturated rings. The molecule has 0 aromatic carbocycles. The number of anilines is 1. The van der Waals surface area contributed by atoms with Crippen LogP contribution < -0.4 is 4.90 Å². The molecule has 0 radical (unpaired) electrons. The van der Waals surface area contributed by atoms with Crippen LogP contribution in [-0.4, -0.2) is 31.4 Å². The molecule has 0 atom stereocenters. The molecule has 0 saturated carbocycles. The first kappa shape index (κ1) is 11.8. The van der Waals surface area contributed by atoms with Crippen molar-refractivity contribution in [2.24, 2.45) is 7.05 Å². The second-order valence-corrected chi connectivity index (χ2v) is 4.27. The number of imidazole rings is 1. The molecule has 0 unspecified atom stereocenters. The molecule has 1 N–H and O–H groups in total. The van der Waals surface area contributed by atoms with Crippen LogP contribution in [0, 0.1) is 4.77 Å². The van der Waals surface area contributed by atoms with E-state index in [4.69, 9.17) is 12.2 Å². The van der Waals surface area contributed by atoms with Gasteiger partial charge in [-0.25, -0.2) is 10.1 Å². The number of nitrogens with zero attached hydrogens (tertiary/aromatic N) is 5. The van der Waals surface area contributed by atoms with Gasteiger partial charge in [0.15, 0.2) is 4.77 Å². The van der Waals surface area contributed by atoms with Gasteiger partial charge in [-0.3, -0.25) is 4.57 Å². The largest absolute Gasteiger partial charge is 0.337 e. The summed E-state index contributed by atoms with van der Waals surface area (Å²) in [5.74, 6) is 1.82. The van der Waals surface area contributed by atoms with Crippen molar-refractivity contribution in [2.45, 2.75) is 20.0 Å². The molecule has 0 bridgehead atoms. The summed E-state index contributed by atoms with van der Waals surface area (Å²) in [6.45, 7) is 3.54. The van der Waals surface area contributed by atoms with E-state index in [1.165, 1.54) is 0 Å². The highest BCUT2D eigenvalue weighted by atomic mass is 32.1. The zero-order chi connectivity index (χ0) is 12.4. The molecule has 0 saturated heterocycles. The van der Waals surface area contributed by atoms with E-state index in [0.29, 0.717) is 11.3 Å². The maximum atomic E-state index is 5.16. The van der Waals surface area contributed by atoms with E-state index in [1.807, 2.05) is 41.3 Å². The van der Waals surface area contributed by atoms with Gasteiger partial charge in [0.1, 0.15) is 5.82 Å². The molecular weight excluding hydrogens is 236 g/mol. The Kier molecular flexibility index (Phi) is 3.28. The minimum atomic E-state index is 0.647. The van der Waals surface area contributed by atoms with Gasteiger partial charge < -0.3 is 9.47 Å². The van der Waals surface area contributed by atoms with Gasteiger partial charge in [0.25, 0.3) is 0 Å². The number of hydrogen-bond acceptors (Lipinski definition) is 4. The highest BCUT2D eigenvalue weighted by molar-refractivity contribution is 7.71. The van der Waals surface area contributed by atoms with E-state index in [2.05, 4.69) is 15.2 Å². The number of nitrogens with one attached hydrogen (secondary N) is 1. The van der Waals surface area contributed by atoms with Gasteiger partial charge in [-0.1, -0.05) is 0 Å². The lowest BCUT2D eigenvalue weighted by Gasteiger charge is -2.17. The molecule has 2 aromatic rings. The van der Waals surface area contributed by atoms with Crippen LogP contribution in [0.15, 0.2) is 12.4 Å². The topological polar surface area (TPSA) is 54.7 Å². The molecule has 7 heteroatoms. The van der Waals surface area contributed by atoms with Crippen molar-refractivity contribution in [3.05, 3.63) is 23.0 Å². The first-order chi connectivity index (χ1) is 8.13. The summed E-state index contributed by atoms with van der Waals surface area (Å²) in [5, 5.41) is 7.04. The number of hydrogen-bond donors (Lipinski definition) is 1. The van der Waals surface area contributed by atoms with Crippen LogP contribution in [0.25, 0.3) is 0 Å². The molecule has 6 nitrogen and oxygen atoms in total. The number of rotatable bonds is 4. The lowest BCUT2D eigenvalue weighted by atomic mass is 10.5. The Morgan fingerprint density at radius 1 is 1.53 bits per heavy atom. The summed E-state index contributed by atoms with van der Waals surface area (Å²) in [5.41, 5.74) is 0. The Hall–Kier alpha value is -1.63. The van der Waals surface area contributed by atoms with Crippen molar-refractivity contribution >= 4 is 18.2 Å². The quantitative estimate of drug-likeness (QED) is 0.834. The molecule has 0 aliphatic rings. The zero-order valence-electron chi connectivity index (χ0n) is 10.2. The molecular formula is C10H16N6S. The Morgan fingerprint density at radius 3 is 2.88 bits per heavy atom. The van der Waals surface area contributed by atoms with Crippen molar-refractivity contribution in [1.29, 1.82) is 0 Å². The molecule has 0 aliphatic carbocycles. The second-order valence-electron chi connectivity index (χ2n) is 3.88. The van der Waals surface area contributed by atoms with Crippen LogP contribution >= 0.6 is 12.2 Å². The van der Waals surface area contributed by atoms with Crippen LogP contribution in [0.2, 0.25) is 0 Å². The Labute approximate surface area is 105 Å². The summed E-state index contributed by atoms with van der Waals surface area (Å²) in [4.78, 5) is 6.32. The number of aromatic nitrogens is 5. The lowest BCUT2D eigenvalue weighted by Crippen LogP contribution is -2.22. The first-order valence-electron chi connectivity index (χ1n) is 5.46. The molecule has 0 amide bonds. The molecule has 0 aliphatic heterocycles. The normalized spacial score (nSPS) is 10.8. The van der Waals surface area contributed by atoms with Gasteiger partial charge in [-0.05, 0) is 19.1 Å². The van der Waals surface area contributed by atoms with Crippen LogP contribution in [0.5, 0.6) is 0 Å². The minimum absolute atomic E-state index is 0.647. The molecule has 0 spiro atoms. The Bertz CT molecular complexity index is 551. The first-order valence-corrected chi connectivity index (χ1v) is 5.86. The van der Waals surface area contributed by atoms with Crippen LogP contribution in [0.4, 0.5) is 5.95 Å². The molecule has 2 rings (SSSR count). The van der Waals surface area contributed by atoms with E-state index >= 15 is 0 Å². The van der Waals surface area contributed by atoms with Gasteiger partial charge in [0, 0.05) is 33.0 Å². The standard InChI is InChI=1S/C10H16N6S/c1-4-16-9(12-13-10(16)17)15(3)7-8-11-5-6-14(8)2/h5-6H,4,7H2,1-3H3,(H,13,17). The van der Waals surface area contributed by atoms with Crippen molar-refractivity contribution in [1.82, 2.24) is 24.3 Å².